The number of rotatable bonds is 4. The van der Waals surface area contributed by atoms with Crippen LogP contribution in [0.5, 0.6) is 5.75 Å². The SMILES string of the molecule is COc1cccc(F)c1C(=O)c1ccc(C2CCC2)cc1. The molecule has 0 unspecified atom stereocenters. The Balaban J connectivity index is 1.91. The summed E-state index contributed by atoms with van der Waals surface area (Å²) in [5.74, 6) is -0.00671. The molecule has 0 saturated heterocycles. The number of ketones is 1. The van der Waals surface area contributed by atoms with Crippen molar-refractivity contribution in [3.63, 3.8) is 0 Å². The van der Waals surface area contributed by atoms with Crippen molar-refractivity contribution in [3.05, 3.63) is 65.0 Å². The molecule has 0 amide bonds. The van der Waals surface area contributed by atoms with Gasteiger partial charge in [-0.3, -0.25) is 4.79 Å². The maximum atomic E-state index is 13.9. The molecule has 2 aromatic carbocycles. The number of benzene rings is 2. The fourth-order valence-electron chi connectivity index (χ4n) is 2.69. The third kappa shape index (κ3) is 2.56. The van der Waals surface area contributed by atoms with E-state index < -0.39 is 5.82 Å². The van der Waals surface area contributed by atoms with Crippen molar-refractivity contribution in [1.29, 1.82) is 0 Å². The Morgan fingerprint density at radius 2 is 1.86 bits per heavy atom. The van der Waals surface area contributed by atoms with Crippen LogP contribution in [0.4, 0.5) is 4.39 Å². The first-order chi connectivity index (χ1) is 10.2. The fourth-order valence-corrected chi connectivity index (χ4v) is 2.69. The minimum atomic E-state index is -0.553. The zero-order valence-corrected chi connectivity index (χ0v) is 11.9. The van der Waals surface area contributed by atoms with Crippen molar-refractivity contribution in [3.8, 4) is 5.75 Å². The summed E-state index contributed by atoms with van der Waals surface area (Å²) in [6.07, 6.45) is 3.71. The average Bonchev–Trinajstić information content (AvgIpc) is 2.45. The van der Waals surface area contributed by atoms with Crippen LogP contribution in [-0.2, 0) is 0 Å². The smallest absolute Gasteiger partial charge is 0.199 e. The second-order valence-corrected chi connectivity index (χ2v) is 5.40. The summed E-state index contributed by atoms with van der Waals surface area (Å²) >= 11 is 0. The Morgan fingerprint density at radius 1 is 1.14 bits per heavy atom. The number of hydrogen-bond acceptors (Lipinski definition) is 2. The van der Waals surface area contributed by atoms with E-state index in [-0.39, 0.29) is 17.1 Å². The molecule has 0 N–H and O–H groups in total. The fraction of sp³-hybridized carbons (Fsp3) is 0.278. The van der Waals surface area contributed by atoms with E-state index in [2.05, 4.69) is 0 Å². The van der Waals surface area contributed by atoms with Gasteiger partial charge in [-0.25, -0.2) is 4.39 Å². The molecule has 3 heteroatoms. The van der Waals surface area contributed by atoms with E-state index >= 15 is 0 Å². The van der Waals surface area contributed by atoms with Gasteiger partial charge in [0, 0.05) is 5.56 Å². The van der Waals surface area contributed by atoms with Crippen LogP contribution in [0.3, 0.4) is 0 Å². The standard InChI is InChI=1S/C18H17FO2/c1-21-16-7-3-6-15(19)17(16)18(20)14-10-8-13(9-11-14)12-4-2-5-12/h3,6-12H,2,4-5H2,1H3. The van der Waals surface area contributed by atoms with Crippen LogP contribution >= 0.6 is 0 Å². The number of halogens is 1. The molecular weight excluding hydrogens is 267 g/mol. The minimum Gasteiger partial charge on any atom is -0.496 e. The average molecular weight is 284 g/mol. The van der Waals surface area contributed by atoms with Gasteiger partial charge < -0.3 is 4.74 Å². The summed E-state index contributed by atoms with van der Waals surface area (Å²) in [5, 5.41) is 0. The van der Waals surface area contributed by atoms with Crippen LogP contribution < -0.4 is 4.74 Å². The molecule has 1 fully saturated rings. The Kier molecular flexibility index (Phi) is 3.74. The third-order valence-electron chi connectivity index (χ3n) is 4.17. The summed E-state index contributed by atoms with van der Waals surface area (Å²) in [4.78, 5) is 12.5. The van der Waals surface area contributed by atoms with Crippen LogP contribution in [0.1, 0.15) is 46.7 Å². The lowest BCUT2D eigenvalue weighted by atomic mass is 9.80. The number of carbonyl (C=O) groups is 1. The van der Waals surface area contributed by atoms with Crippen LogP contribution in [-0.4, -0.2) is 12.9 Å². The highest BCUT2D eigenvalue weighted by Crippen LogP contribution is 2.36. The van der Waals surface area contributed by atoms with Crippen molar-refractivity contribution in [2.24, 2.45) is 0 Å². The molecule has 21 heavy (non-hydrogen) atoms. The maximum absolute atomic E-state index is 13.9. The van der Waals surface area contributed by atoms with E-state index in [0.717, 1.165) is 0 Å². The molecule has 0 spiro atoms. The molecule has 1 aliphatic rings. The van der Waals surface area contributed by atoms with Gasteiger partial charge in [0.05, 0.1) is 7.11 Å². The number of carbonyl (C=O) groups excluding carboxylic acids is 1. The molecule has 0 radical (unpaired) electrons. The molecule has 1 aliphatic carbocycles. The minimum absolute atomic E-state index is 0.00334. The second-order valence-electron chi connectivity index (χ2n) is 5.40. The van der Waals surface area contributed by atoms with E-state index in [1.165, 1.54) is 44.1 Å². The van der Waals surface area contributed by atoms with Gasteiger partial charge in [0.2, 0.25) is 0 Å². The molecule has 2 nitrogen and oxygen atoms in total. The molecule has 2 aromatic rings. The Hall–Kier alpha value is -2.16. The van der Waals surface area contributed by atoms with Gasteiger partial charge in [-0.1, -0.05) is 36.8 Å². The van der Waals surface area contributed by atoms with E-state index in [4.69, 9.17) is 4.74 Å². The van der Waals surface area contributed by atoms with Gasteiger partial charge in [0.1, 0.15) is 17.1 Å². The zero-order chi connectivity index (χ0) is 14.8. The lowest BCUT2D eigenvalue weighted by Gasteiger charge is -2.25. The highest BCUT2D eigenvalue weighted by molar-refractivity contribution is 6.10. The largest absolute Gasteiger partial charge is 0.496 e. The van der Waals surface area contributed by atoms with Crippen molar-refractivity contribution >= 4 is 5.78 Å². The summed E-state index contributed by atoms with van der Waals surface area (Å²) in [7, 11) is 1.44. The molecule has 1 saturated carbocycles. The molecule has 0 bridgehead atoms. The summed E-state index contributed by atoms with van der Waals surface area (Å²) < 4.78 is 19.0. The molecule has 0 atom stereocenters. The highest BCUT2D eigenvalue weighted by atomic mass is 19.1. The van der Waals surface area contributed by atoms with Crippen molar-refractivity contribution in [2.45, 2.75) is 25.2 Å². The highest BCUT2D eigenvalue weighted by Gasteiger charge is 2.21. The van der Waals surface area contributed by atoms with Crippen LogP contribution in [0.2, 0.25) is 0 Å². The normalized spacial score (nSPS) is 14.6. The van der Waals surface area contributed by atoms with E-state index in [9.17, 15) is 9.18 Å². The van der Waals surface area contributed by atoms with Crippen LogP contribution in [0, 0.1) is 5.82 Å². The van der Waals surface area contributed by atoms with Gasteiger partial charge in [0.15, 0.2) is 5.78 Å². The molecule has 0 aliphatic heterocycles. The predicted octanol–water partition coefficient (Wildman–Crippen LogP) is 4.33. The van der Waals surface area contributed by atoms with Gasteiger partial charge >= 0.3 is 0 Å². The first-order valence-electron chi connectivity index (χ1n) is 7.18. The lowest BCUT2D eigenvalue weighted by molar-refractivity contribution is 0.103. The molecule has 0 aromatic heterocycles. The molecule has 0 heterocycles. The van der Waals surface area contributed by atoms with E-state index in [1.54, 1.807) is 18.2 Å². The van der Waals surface area contributed by atoms with Crippen molar-refractivity contribution in [2.75, 3.05) is 7.11 Å². The van der Waals surface area contributed by atoms with E-state index in [0.29, 0.717) is 11.5 Å². The van der Waals surface area contributed by atoms with Gasteiger partial charge in [-0.05, 0) is 36.5 Å². The van der Waals surface area contributed by atoms with Crippen molar-refractivity contribution < 1.29 is 13.9 Å². The predicted molar refractivity (Wildman–Crippen MR) is 79.4 cm³/mol. The maximum Gasteiger partial charge on any atom is 0.199 e. The Morgan fingerprint density at radius 3 is 2.43 bits per heavy atom. The molecular formula is C18H17FO2. The molecule has 3 rings (SSSR count). The van der Waals surface area contributed by atoms with Crippen LogP contribution in [0.25, 0.3) is 0 Å². The first kappa shape index (κ1) is 13.8. The van der Waals surface area contributed by atoms with Gasteiger partial charge in [-0.2, -0.15) is 0 Å². The summed E-state index contributed by atoms with van der Waals surface area (Å²) in [6.45, 7) is 0. The second kappa shape index (κ2) is 5.68. The topological polar surface area (TPSA) is 26.3 Å². The Labute approximate surface area is 123 Å². The van der Waals surface area contributed by atoms with Crippen LogP contribution in [0.15, 0.2) is 42.5 Å². The monoisotopic (exact) mass is 284 g/mol. The quantitative estimate of drug-likeness (QED) is 0.781. The molecule has 108 valence electrons. The number of ether oxygens (including phenoxy) is 1. The third-order valence-corrected chi connectivity index (χ3v) is 4.17. The van der Waals surface area contributed by atoms with Crippen molar-refractivity contribution in [1.82, 2.24) is 0 Å². The van der Waals surface area contributed by atoms with E-state index in [1.807, 2.05) is 12.1 Å². The lowest BCUT2D eigenvalue weighted by Crippen LogP contribution is -2.10. The number of hydrogen-bond donors (Lipinski definition) is 0. The van der Waals surface area contributed by atoms with Gasteiger partial charge in [-0.15, -0.1) is 0 Å². The zero-order valence-electron chi connectivity index (χ0n) is 11.9. The summed E-state index contributed by atoms with van der Waals surface area (Å²) in [6, 6.07) is 11.9. The first-order valence-corrected chi connectivity index (χ1v) is 7.18. The summed E-state index contributed by atoms with van der Waals surface area (Å²) in [5.41, 5.74) is 1.75. The van der Waals surface area contributed by atoms with Gasteiger partial charge in [0.25, 0.3) is 0 Å². The number of methoxy groups -OCH3 is 1. The Bertz CT molecular complexity index is 657.